The number of allylic oxidation sites excluding steroid dienone is 1. The van der Waals surface area contributed by atoms with Crippen molar-refractivity contribution in [2.45, 2.75) is 20.8 Å². The van der Waals surface area contributed by atoms with Gasteiger partial charge in [0.2, 0.25) is 0 Å². The Morgan fingerprint density at radius 1 is 1.50 bits per heavy atom. The maximum Gasteiger partial charge on any atom is 0.127 e. The van der Waals surface area contributed by atoms with Gasteiger partial charge in [-0.2, -0.15) is 0 Å². The van der Waals surface area contributed by atoms with Gasteiger partial charge >= 0.3 is 0 Å². The van der Waals surface area contributed by atoms with Crippen molar-refractivity contribution in [3.05, 3.63) is 11.6 Å². The van der Waals surface area contributed by atoms with Crippen LogP contribution in [0.25, 0.3) is 0 Å². The Morgan fingerprint density at radius 2 is 2.10 bits per heavy atom. The van der Waals surface area contributed by atoms with E-state index in [1.807, 2.05) is 0 Å². The molecule has 0 fully saturated rings. The molecule has 56 valence electrons. The van der Waals surface area contributed by atoms with E-state index in [1.54, 1.807) is 0 Å². The normalized spacial score (nSPS) is 18.8. The van der Waals surface area contributed by atoms with Crippen LogP contribution in [0.5, 0.6) is 0 Å². The van der Waals surface area contributed by atoms with Crippen molar-refractivity contribution in [2.24, 2.45) is 10.4 Å². The Bertz CT molecular complexity index is 196. The molecule has 0 saturated heterocycles. The van der Waals surface area contributed by atoms with Gasteiger partial charge < -0.3 is 0 Å². The highest BCUT2D eigenvalue weighted by Crippen LogP contribution is 2.29. The maximum atomic E-state index is 5.84. The van der Waals surface area contributed by atoms with E-state index in [1.165, 1.54) is 5.57 Å². The fourth-order valence-corrected chi connectivity index (χ4v) is 1.43. The van der Waals surface area contributed by atoms with Crippen molar-refractivity contribution >= 4 is 16.8 Å². The minimum Gasteiger partial charge on any atom is -0.269 e. The SMILES string of the molecule is CC(C)(C)C1=CCN=C1Cl. The van der Waals surface area contributed by atoms with Gasteiger partial charge in [-0.15, -0.1) is 0 Å². The zero-order valence-electron chi connectivity index (χ0n) is 6.61. The number of aliphatic imine (C=N–C) groups is 1. The molecule has 0 atom stereocenters. The van der Waals surface area contributed by atoms with Crippen LogP contribution in [0.1, 0.15) is 20.8 Å². The summed E-state index contributed by atoms with van der Waals surface area (Å²) >= 11 is 5.84. The second-order valence-electron chi connectivity index (χ2n) is 3.50. The van der Waals surface area contributed by atoms with E-state index in [4.69, 9.17) is 11.6 Å². The van der Waals surface area contributed by atoms with Crippen molar-refractivity contribution in [1.29, 1.82) is 0 Å². The quantitative estimate of drug-likeness (QED) is 0.513. The van der Waals surface area contributed by atoms with Crippen LogP contribution >= 0.6 is 11.6 Å². The van der Waals surface area contributed by atoms with Crippen molar-refractivity contribution in [3.63, 3.8) is 0 Å². The first-order valence-electron chi connectivity index (χ1n) is 3.43. The largest absolute Gasteiger partial charge is 0.269 e. The van der Waals surface area contributed by atoms with Crippen molar-refractivity contribution < 1.29 is 0 Å². The molecule has 0 spiro atoms. The molecule has 10 heavy (non-hydrogen) atoms. The summed E-state index contributed by atoms with van der Waals surface area (Å²) in [5, 5.41) is 0.688. The summed E-state index contributed by atoms with van der Waals surface area (Å²) in [7, 11) is 0. The molecule has 0 aromatic heterocycles. The Morgan fingerprint density at radius 3 is 2.30 bits per heavy atom. The summed E-state index contributed by atoms with van der Waals surface area (Å²) in [4.78, 5) is 4.07. The van der Waals surface area contributed by atoms with E-state index in [2.05, 4.69) is 31.8 Å². The molecule has 1 aliphatic heterocycles. The highest BCUT2D eigenvalue weighted by molar-refractivity contribution is 6.70. The van der Waals surface area contributed by atoms with Gasteiger partial charge in [0.25, 0.3) is 0 Å². The highest BCUT2D eigenvalue weighted by Gasteiger charge is 2.22. The third-order valence-corrected chi connectivity index (χ3v) is 1.88. The van der Waals surface area contributed by atoms with Gasteiger partial charge in [0.15, 0.2) is 0 Å². The van der Waals surface area contributed by atoms with Crippen LogP contribution in [-0.4, -0.2) is 11.7 Å². The van der Waals surface area contributed by atoms with E-state index < -0.39 is 0 Å². The average molecular weight is 158 g/mol. The Kier molecular flexibility index (Phi) is 1.86. The van der Waals surface area contributed by atoms with Gasteiger partial charge in [-0.05, 0) is 11.0 Å². The number of nitrogens with zero attached hydrogens (tertiary/aromatic N) is 1. The molecular formula is C8H12ClN. The van der Waals surface area contributed by atoms with Crippen LogP contribution < -0.4 is 0 Å². The number of hydrogen-bond acceptors (Lipinski definition) is 1. The van der Waals surface area contributed by atoms with E-state index >= 15 is 0 Å². The van der Waals surface area contributed by atoms with E-state index in [0.29, 0.717) is 5.17 Å². The standard InChI is InChI=1S/C8H12ClN/c1-8(2,3)6-4-5-10-7(6)9/h4H,5H2,1-3H3. The predicted octanol–water partition coefficient (Wildman–Crippen LogP) is 2.61. The molecule has 0 aliphatic carbocycles. The lowest BCUT2D eigenvalue weighted by Gasteiger charge is -2.18. The average Bonchev–Trinajstić information content (AvgIpc) is 2.11. The fourth-order valence-electron chi connectivity index (χ4n) is 1.00. The molecular weight excluding hydrogens is 146 g/mol. The monoisotopic (exact) mass is 157 g/mol. The van der Waals surface area contributed by atoms with E-state index in [9.17, 15) is 0 Å². The Balaban J connectivity index is 2.85. The summed E-state index contributed by atoms with van der Waals surface area (Å²) < 4.78 is 0. The van der Waals surface area contributed by atoms with Crippen molar-refractivity contribution in [3.8, 4) is 0 Å². The molecule has 1 heterocycles. The van der Waals surface area contributed by atoms with Gasteiger partial charge in [-0.3, -0.25) is 4.99 Å². The van der Waals surface area contributed by atoms with Crippen LogP contribution in [0.15, 0.2) is 16.6 Å². The van der Waals surface area contributed by atoms with Crippen molar-refractivity contribution in [2.75, 3.05) is 6.54 Å². The zero-order chi connectivity index (χ0) is 7.78. The number of hydrogen-bond donors (Lipinski definition) is 0. The Labute approximate surface area is 66.8 Å². The summed E-state index contributed by atoms with van der Waals surface area (Å²) in [5.41, 5.74) is 1.33. The van der Waals surface area contributed by atoms with Crippen LogP contribution in [0.3, 0.4) is 0 Å². The molecule has 0 unspecified atom stereocenters. The summed E-state index contributed by atoms with van der Waals surface area (Å²) in [6.45, 7) is 7.18. The molecule has 0 saturated carbocycles. The minimum absolute atomic E-state index is 0.150. The van der Waals surface area contributed by atoms with Gasteiger partial charge in [0.1, 0.15) is 5.17 Å². The molecule has 1 rings (SSSR count). The van der Waals surface area contributed by atoms with E-state index in [0.717, 1.165) is 6.54 Å². The first-order valence-corrected chi connectivity index (χ1v) is 3.80. The van der Waals surface area contributed by atoms with E-state index in [-0.39, 0.29) is 5.41 Å². The maximum absolute atomic E-state index is 5.84. The molecule has 2 heteroatoms. The highest BCUT2D eigenvalue weighted by atomic mass is 35.5. The van der Waals surface area contributed by atoms with Gasteiger partial charge in [-0.1, -0.05) is 38.4 Å². The summed E-state index contributed by atoms with van der Waals surface area (Å²) in [6.07, 6.45) is 2.09. The third-order valence-electron chi connectivity index (χ3n) is 1.56. The van der Waals surface area contributed by atoms with Gasteiger partial charge in [0.05, 0.1) is 6.54 Å². The molecule has 0 amide bonds. The first kappa shape index (κ1) is 7.80. The first-order chi connectivity index (χ1) is 4.52. The van der Waals surface area contributed by atoms with Gasteiger partial charge in [0, 0.05) is 0 Å². The molecule has 0 aromatic carbocycles. The zero-order valence-corrected chi connectivity index (χ0v) is 7.37. The summed E-state index contributed by atoms with van der Waals surface area (Å²) in [6, 6.07) is 0. The number of halogens is 1. The van der Waals surface area contributed by atoms with Crippen LogP contribution in [0.4, 0.5) is 0 Å². The third kappa shape index (κ3) is 1.40. The van der Waals surface area contributed by atoms with Crippen LogP contribution in [0.2, 0.25) is 0 Å². The fraction of sp³-hybridized carbons (Fsp3) is 0.625. The van der Waals surface area contributed by atoms with Gasteiger partial charge in [-0.25, -0.2) is 0 Å². The molecule has 1 nitrogen and oxygen atoms in total. The lowest BCUT2D eigenvalue weighted by Crippen LogP contribution is -2.12. The lowest BCUT2D eigenvalue weighted by molar-refractivity contribution is 0.526. The van der Waals surface area contributed by atoms with Crippen LogP contribution in [-0.2, 0) is 0 Å². The van der Waals surface area contributed by atoms with Crippen molar-refractivity contribution in [1.82, 2.24) is 0 Å². The second-order valence-corrected chi connectivity index (χ2v) is 3.86. The Hall–Kier alpha value is -0.300. The molecule has 0 bridgehead atoms. The molecule has 1 aliphatic rings. The predicted molar refractivity (Wildman–Crippen MR) is 45.7 cm³/mol. The van der Waals surface area contributed by atoms with Crippen LogP contribution in [0, 0.1) is 5.41 Å². The molecule has 0 radical (unpaired) electrons. The number of rotatable bonds is 0. The topological polar surface area (TPSA) is 12.4 Å². The molecule has 0 aromatic rings. The second kappa shape index (κ2) is 2.39. The smallest absolute Gasteiger partial charge is 0.127 e. The minimum atomic E-state index is 0.150. The lowest BCUT2D eigenvalue weighted by atomic mass is 9.87. The summed E-state index contributed by atoms with van der Waals surface area (Å²) in [5.74, 6) is 0. The molecule has 0 N–H and O–H groups in total.